The molecule has 0 aliphatic heterocycles. The van der Waals surface area contributed by atoms with E-state index in [1.807, 2.05) is 19.1 Å². The van der Waals surface area contributed by atoms with Crippen molar-refractivity contribution in [2.24, 2.45) is 0 Å². The highest BCUT2D eigenvalue weighted by Crippen LogP contribution is 2.21. The van der Waals surface area contributed by atoms with Crippen LogP contribution in [0.1, 0.15) is 29.3 Å². The highest BCUT2D eigenvalue weighted by Gasteiger charge is 2.13. The van der Waals surface area contributed by atoms with E-state index in [1.54, 1.807) is 12.1 Å². The molecule has 2 aromatic rings. The van der Waals surface area contributed by atoms with Gasteiger partial charge in [-0.25, -0.2) is 13.6 Å². The second kappa shape index (κ2) is 6.28. The predicted octanol–water partition coefficient (Wildman–Crippen LogP) is 4.14. The Labute approximate surface area is 116 Å². The first-order valence-corrected chi connectivity index (χ1v) is 6.37. The van der Waals surface area contributed by atoms with Crippen molar-refractivity contribution < 1.29 is 18.3 Å². The lowest BCUT2D eigenvalue weighted by molar-refractivity contribution is 0.0732. The molecule has 2 nitrogen and oxygen atoms in total. The van der Waals surface area contributed by atoms with Crippen LogP contribution in [0.2, 0.25) is 0 Å². The fourth-order valence-corrected chi connectivity index (χ4v) is 1.86. The van der Waals surface area contributed by atoms with Crippen LogP contribution in [0.5, 0.6) is 5.75 Å². The summed E-state index contributed by atoms with van der Waals surface area (Å²) < 4.78 is 31.2. The summed E-state index contributed by atoms with van der Waals surface area (Å²) in [6.45, 7) is 2.02. The van der Waals surface area contributed by atoms with Gasteiger partial charge in [-0.2, -0.15) is 0 Å². The topological polar surface area (TPSA) is 26.3 Å². The molecule has 4 heteroatoms. The number of halogens is 2. The molecule has 0 N–H and O–H groups in total. The van der Waals surface area contributed by atoms with Crippen molar-refractivity contribution in [2.75, 3.05) is 0 Å². The van der Waals surface area contributed by atoms with Gasteiger partial charge in [-0.1, -0.05) is 31.5 Å². The molecule has 0 aliphatic rings. The van der Waals surface area contributed by atoms with Gasteiger partial charge in [0, 0.05) is 0 Å². The number of hydrogen-bond acceptors (Lipinski definition) is 2. The first-order valence-electron chi connectivity index (χ1n) is 6.37. The van der Waals surface area contributed by atoms with E-state index in [9.17, 15) is 13.6 Å². The van der Waals surface area contributed by atoms with Gasteiger partial charge in [0.2, 0.25) is 0 Å². The van der Waals surface area contributed by atoms with Gasteiger partial charge in [-0.15, -0.1) is 0 Å². The van der Waals surface area contributed by atoms with E-state index >= 15 is 0 Å². The number of hydrogen-bond donors (Lipinski definition) is 0. The monoisotopic (exact) mass is 276 g/mol. The lowest BCUT2D eigenvalue weighted by Gasteiger charge is -2.09. The summed E-state index contributed by atoms with van der Waals surface area (Å²) >= 11 is 0. The molecule has 0 bridgehead atoms. The maximum absolute atomic E-state index is 13.1. The Hall–Kier alpha value is -2.23. The van der Waals surface area contributed by atoms with Crippen molar-refractivity contribution in [3.63, 3.8) is 0 Å². The van der Waals surface area contributed by atoms with Crippen molar-refractivity contribution in [1.82, 2.24) is 0 Å². The largest absolute Gasteiger partial charge is 0.423 e. The highest BCUT2D eigenvalue weighted by atomic mass is 19.2. The third kappa shape index (κ3) is 3.20. The van der Waals surface area contributed by atoms with E-state index in [-0.39, 0.29) is 5.56 Å². The van der Waals surface area contributed by atoms with Gasteiger partial charge >= 0.3 is 5.97 Å². The number of para-hydroxylation sites is 1. The number of ether oxygens (including phenoxy) is 1. The number of carbonyl (C=O) groups is 1. The molecule has 0 heterocycles. The van der Waals surface area contributed by atoms with E-state index in [4.69, 9.17) is 4.74 Å². The van der Waals surface area contributed by atoms with Crippen LogP contribution in [0.4, 0.5) is 8.78 Å². The van der Waals surface area contributed by atoms with Crippen LogP contribution in [-0.4, -0.2) is 5.97 Å². The number of aryl methyl sites for hydroxylation is 1. The number of esters is 1. The zero-order chi connectivity index (χ0) is 14.5. The van der Waals surface area contributed by atoms with E-state index in [1.165, 1.54) is 6.07 Å². The minimum atomic E-state index is -1.07. The average Bonchev–Trinajstić information content (AvgIpc) is 2.44. The maximum atomic E-state index is 13.1. The predicted molar refractivity (Wildman–Crippen MR) is 71.8 cm³/mol. The molecule has 0 amide bonds. The van der Waals surface area contributed by atoms with Crippen molar-refractivity contribution in [3.05, 3.63) is 65.2 Å². The van der Waals surface area contributed by atoms with E-state index < -0.39 is 17.6 Å². The zero-order valence-electron chi connectivity index (χ0n) is 11.0. The Morgan fingerprint density at radius 3 is 2.55 bits per heavy atom. The molecule has 2 rings (SSSR count). The zero-order valence-corrected chi connectivity index (χ0v) is 11.0. The Balaban J connectivity index is 2.21. The van der Waals surface area contributed by atoms with Crippen LogP contribution < -0.4 is 4.74 Å². The second-order valence-corrected chi connectivity index (χ2v) is 4.38. The maximum Gasteiger partial charge on any atom is 0.343 e. The summed E-state index contributed by atoms with van der Waals surface area (Å²) in [7, 11) is 0. The molecule has 2 aromatic carbocycles. The Morgan fingerprint density at radius 1 is 1.10 bits per heavy atom. The third-order valence-corrected chi connectivity index (χ3v) is 2.85. The normalized spacial score (nSPS) is 10.3. The minimum Gasteiger partial charge on any atom is -0.423 e. The van der Waals surface area contributed by atoms with Crippen molar-refractivity contribution >= 4 is 5.97 Å². The molecule has 0 spiro atoms. The molecular weight excluding hydrogens is 262 g/mol. The third-order valence-electron chi connectivity index (χ3n) is 2.85. The summed E-state index contributed by atoms with van der Waals surface area (Å²) in [5.41, 5.74) is 0.890. The molecule has 0 fully saturated rings. The number of benzene rings is 2. The van der Waals surface area contributed by atoms with Gasteiger partial charge in [0.05, 0.1) is 5.56 Å². The molecule has 0 saturated heterocycles. The van der Waals surface area contributed by atoms with E-state index in [0.717, 1.165) is 30.5 Å². The van der Waals surface area contributed by atoms with Crippen LogP contribution in [0.15, 0.2) is 42.5 Å². The molecule has 104 valence electrons. The number of rotatable bonds is 4. The van der Waals surface area contributed by atoms with Crippen LogP contribution in [-0.2, 0) is 6.42 Å². The SMILES string of the molecule is CCCc1ccccc1OC(=O)c1ccc(F)c(F)c1. The Kier molecular flexibility index (Phi) is 4.45. The lowest BCUT2D eigenvalue weighted by atomic mass is 10.1. The minimum absolute atomic E-state index is 0.0183. The van der Waals surface area contributed by atoms with Gasteiger partial charge in [0.15, 0.2) is 11.6 Å². The van der Waals surface area contributed by atoms with Crippen LogP contribution in [0.3, 0.4) is 0 Å². The molecule has 0 aliphatic carbocycles. The summed E-state index contributed by atoms with van der Waals surface area (Å²) in [5.74, 6) is -2.31. The average molecular weight is 276 g/mol. The summed E-state index contributed by atoms with van der Waals surface area (Å²) in [6, 6.07) is 10.1. The highest BCUT2D eigenvalue weighted by molar-refractivity contribution is 5.91. The van der Waals surface area contributed by atoms with Gasteiger partial charge in [-0.05, 0) is 36.2 Å². The van der Waals surface area contributed by atoms with Gasteiger partial charge in [0.1, 0.15) is 5.75 Å². The summed E-state index contributed by atoms with van der Waals surface area (Å²) in [5, 5.41) is 0. The van der Waals surface area contributed by atoms with Crippen molar-refractivity contribution in [1.29, 1.82) is 0 Å². The molecule has 20 heavy (non-hydrogen) atoms. The number of carbonyl (C=O) groups excluding carboxylic acids is 1. The van der Waals surface area contributed by atoms with Crippen LogP contribution in [0, 0.1) is 11.6 Å². The summed E-state index contributed by atoms with van der Waals surface area (Å²) in [6.07, 6.45) is 1.70. The van der Waals surface area contributed by atoms with Gasteiger partial charge in [-0.3, -0.25) is 0 Å². The fraction of sp³-hybridized carbons (Fsp3) is 0.188. The van der Waals surface area contributed by atoms with Gasteiger partial charge in [0.25, 0.3) is 0 Å². The molecular formula is C16H14F2O2. The lowest BCUT2D eigenvalue weighted by Crippen LogP contribution is -2.10. The quantitative estimate of drug-likeness (QED) is 0.619. The van der Waals surface area contributed by atoms with E-state index in [0.29, 0.717) is 5.75 Å². The van der Waals surface area contributed by atoms with Crippen molar-refractivity contribution in [3.8, 4) is 5.75 Å². The van der Waals surface area contributed by atoms with Crippen LogP contribution >= 0.6 is 0 Å². The molecule has 0 aromatic heterocycles. The molecule has 0 unspecified atom stereocenters. The molecule has 0 radical (unpaired) electrons. The van der Waals surface area contributed by atoms with E-state index in [2.05, 4.69) is 0 Å². The molecule has 0 atom stereocenters. The second-order valence-electron chi connectivity index (χ2n) is 4.38. The fourth-order valence-electron chi connectivity index (χ4n) is 1.86. The summed E-state index contributed by atoms with van der Waals surface area (Å²) in [4.78, 5) is 11.9. The van der Waals surface area contributed by atoms with Gasteiger partial charge < -0.3 is 4.74 Å². The van der Waals surface area contributed by atoms with Crippen LogP contribution in [0.25, 0.3) is 0 Å². The Morgan fingerprint density at radius 2 is 1.85 bits per heavy atom. The first kappa shape index (κ1) is 14.2. The first-order chi connectivity index (χ1) is 9.61. The Bertz CT molecular complexity index is 624. The smallest absolute Gasteiger partial charge is 0.343 e. The molecule has 0 saturated carbocycles. The standard InChI is InChI=1S/C16H14F2O2/c1-2-5-11-6-3-4-7-15(11)20-16(19)12-8-9-13(17)14(18)10-12/h3-4,6-10H,2,5H2,1H3. The van der Waals surface area contributed by atoms with Crippen molar-refractivity contribution in [2.45, 2.75) is 19.8 Å².